The monoisotopic (exact) mass is 289 g/mol. The first-order valence-corrected chi connectivity index (χ1v) is 12.7. The van der Waals surface area contributed by atoms with Gasteiger partial charge in [0.2, 0.25) is 0 Å². The molecule has 0 saturated heterocycles. The Kier molecular flexibility index (Phi) is 7.47. The van der Waals surface area contributed by atoms with E-state index in [9.17, 15) is 0 Å². The van der Waals surface area contributed by atoms with Crippen molar-refractivity contribution in [3.05, 3.63) is 23.3 Å². The molecule has 0 aromatic rings. The van der Waals surface area contributed by atoms with Crippen molar-refractivity contribution in [3.8, 4) is 0 Å². The molecule has 4 heteroatoms. The normalized spacial score (nSPS) is 14.6. The van der Waals surface area contributed by atoms with Gasteiger partial charge in [-0.05, 0) is 20.3 Å². The summed E-state index contributed by atoms with van der Waals surface area (Å²) in [4.78, 5) is 0. The molecule has 1 aliphatic rings. The Labute approximate surface area is 86.5 Å². The van der Waals surface area contributed by atoms with Gasteiger partial charge in [0.15, 0.2) is 0 Å². The van der Waals surface area contributed by atoms with Gasteiger partial charge in [-0.2, -0.15) is 0 Å². The molecule has 0 nitrogen and oxygen atoms in total. The zero-order chi connectivity index (χ0) is 8.85. The van der Waals surface area contributed by atoms with Crippen molar-refractivity contribution in [1.82, 2.24) is 0 Å². The Morgan fingerprint density at radius 1 is 1.27 bits per heavy atom. The molecule has 63 valence electrons. The average molecular weight is 292 g/mol. The van der Waals surface area contributed by atoms with Crippen LogP contribution in [0.5, 0.6) is 0 Å². The van der Waals surface area contributed by atoms with Crippen molar-refractivity contribution >= 4 is 25.5 Å². The van der Waals surface area contributed by atoms with Crippen LogP contribution < -0.4 is 0 Å². The molecule has 0 aliphatic heterocycles. The fourth-order valence-corrected chi connectivity index (χ4v) is 0.716. The first-order valence-electron chi connectivity index (χ1n) is 3.20. The van der Waals surface area contributed by atoms with E-state index in [-0.39, 0.29) is 0 Å². The summed E-state index contributed by atoms with van der Waals surface area (Å²) in [6.45, 7) is 4.33. The van der Waals surface area contributed by atoms with Gasteiger partial charge in [0.05, 0.1) is 0 Å². The first kappa shape index (κ1) is 12.2. The van der Waals surface area contributed by atoms with Crippen LogP contribution in [0.1, 0.15) is 20.3 Å². The Morgan fingerprint density at radius 2 is 1.73 bits per heavy atom. The van der Waals surface area contributed by atoms with Crippen molar-refractivity contribution in [2.24, 2.45) is 0 Å². The second-order valence-electron chi connectivity index (χ2n) is 2.28. The number of rotatable bonds is 0. The van der Waals surface area contributed by atoms with E-state index in [0.717, 1.165) is 0 Å². The molecule has 0 bridgehead atoms. The van der Waals surface area contributed by atoms with Gasteiger partial charge in [-0.1, -0.05) is 23.3 Å². The van der Waals surface area contributed by atoms with Crippen molar-refractivity contribution in [2.75, 3.05) is 0 Å². The summed E-state index contributed by atoms with van der Waals surface area (Å²) in [7, 11) is 15.0. The maximum atomic E-state index is 5.00. The van der Waals surface area contributed by atoms with E-state index >= 15 is 0 Å². The molecule has 0 N–H and O–H groups in total. The van der Waals surface area contributed by atoms with E-state index in [0.29, 0.717) is 0 Å². The second-order valence-corrected chi connectivity index (χ2v) is 13.5. The molecule has 0 radical (unpaired) electrons. The molecule has 11 heavy (non-hydrogen) atoms. The summed E-state index contributed by atoms with van der Waals surface area (Å²) in [5.74, 6) is 0. The number of hydrogen-bond acceptors (Lipinski definition) is 0. The first-order chi connectivity index (χ1) is 5.04. The second kappa shape index (κ2) is 6.72. The summed E-state index contributed by atoms with van der Waals surface area (Å²) in [6, 6.07) is 0. The van der Waals surface area contributed by atoms with Crippen molar-refractivity contribution in [2.45, 2.75) is 20.3 Å². The van der Waals surface area contributed by atoms with Crippen LogP contribution in [0.2, 0.25) is 0 Å². The van der Waals surface area contributed by atoms with Crippen LogP contribution in [0.15, 0.2) is 23.3 Å². The van der Waals surface area contributed by atoms with Crippen LogP contribution in [0.3, 0.4) is 0 Å². The number of hydrogen-bond donors (Lipinski definition) is 0. The van der Waals surface area contributed by atoms with E-state index in [2.05, 4.69) is 26.0 Å². The van der Waals surface area contributed by atoms with Gasteiger partial charge in [-0.3, -0.25) is 0 Å². The molecule has 0 amide bonds. The van der Waals surface area contributed by atoms with Crippen molar-refractivity contribution in [1.29, 1.82) is 0 Å². The van der Waals surface area contributed by atoms with Gasteiger partial charge in [0, 0.05) is 0 Å². The molecule has 0 saturated carbocycles. The average Bonchev–Trinajstić information content (AvgIpc) is 2.15. The quantitative estimate of drug-likeness (QED) is 0.622. The predicted molar refractivity (Wildman–Crippen MR) is 49.7 cm³/mol. The number of halogens is 3. The fourth-order valence-electron chi connectivity index (χ4n) is 0.716. The molecule has 0 aromatic heterocycles. The summed E-state index contributed by atoms with van der Waals surface area (Å²) in [5.41, 5.74) is 2.96. The molecule has 0 unspecified atom stereocenters. The summed E-state index contributed by atoms with van der Waals surface area (Å²) in [5, 5.41) is 0. The topological polar surface area (TPSA) is 0 Å². The molecule has 0 aromatic carbocycles. The molecule has 0 spiro atoms. The van der Waals surface area contributed by atoms with Crippen LogP contribution in [0, 0.1) is 0 Å². The summed E-state index contributed by atoms with van der Waals surface area (Å²) < 4.78 is 0. The van der Waals surface area contributed by atoms with Crippen molar-refractivity contribution < 1.29 is 18.2 Å². The fraction of sp³-hybridized carbons (Fsp3) is 0.429. The predicted octanol–water partition coefficient (Wildman–Crippen LogP) is 4.35. The van der Waals surface area contributed by atoms with E-state index in [1.54, 1.807) is 0 Å². The third-order valence-electron chi connectivity index (χ3n) is 1.47. The molecule has 1 aliphatic carbocycles. The SMILES string of the molecule is CC1=C(C)CC=C1.[Cl][Zr]([Cl])[Cl]. The van der Waals surface area contributed by atoms with E-state index < -0.39 is 18.2 Å². The van der Waals surface area contributed by atoms with Gasteiger partial charge >= 0.3 is 43.7 Å². The van der Waals surface area contributed by atoms with E-state index in [4.69, 9.17) is 25.5 Å². The zero-order valence-electron chi connectivity index (χ0n) is 6.50. The van der Waals surface area contributed by atoms with Crippen LogP contribution in [-0.4, -0.2) is 0 Å². The molecule has 1 rings (SSSR count). The molecule has 0 heterocycles. The molecule has 0 fully saturated rings. The van der Waals surface area contributed by atoms with Crippen LogP contribution in [0.4, 0.5) is 0 Å². The van der Waals surface area contributed by atoms with Gasteiger partial charge in [-0.15, -0.1) is 0 Å². The Morgan fingerprint density at radius 3 is 1.82 bits per heavy atom. The molecular weight excluding hydrogens is 282 g/mol. The van der Waals surface area contributed by atoms with Crippen LogP contribution in [-0.2, 0) is 18.2 Å². The Bertz CT molecular complexity index is 170. The Balaban J connectivity index is 0.000000218. The van der Waals surface area contributed by atoms with Crippen LogP contribution >= 0.6 is 25.5 Å². The van der Waals surface area contributed by atoms with Gasteiger partial charge in [-0.25, -0.2) is 0 Å². The van der Waals surface area contributed by atoms with Gasteiger partial charge in [0.1, 0.15) is 0 Å². The summed E-state index contributed by atoms with van der Waals surface area (Å²) in [6.07, 6.45) is 5.55. The molecular formula is C7H10Cl3Zr. The third kappa shape index (κ3) is 7.59. The van der Waals surface area contributed by atoms with E-state index in [1.807, 2.05) is 0 Å². The third-order valence-corrected chi connectivity index (χ3v) is 1.47. The minimum atomic E-state index is -2.13. The van der Waals surface area contributed by atoms with E-state index in [1.165, 1.54) is 17.6 Å². The number of allylic oxidation sites excluding steroid dienone is 4. The minimum absolute atomic E-state index is 1.17. The van der Waals surface area contributed by atoms with Crippen LogP contribution in [0.25, 0.3) is 0 Å². The van der Waals surface area contributed by atoms with Gasteiger partial charge in [0.25, 0.3) is 0 Å². The summed E-state index contributed by atoms with van der Waals surface area (Å²) >= 11 is -2.13. The molecule has 0 atom stereocenters. The standard InChI is InChI=1S/C7H10.3ClH.Zr/c1-6-4-3-5-7(6)2;;;;/h3-4H,5H2,1-2H3;3*1H;/q;;;;+3/p-3. The zero-order valence-corrected chi connectivity index (χ0v) is 11.2. The van der Waals surface area contributed by atoms with Crippen molar-refractivity contribution in [3.63, 3.8) is 0 Å². The maximum absolute atomic E-state index is 5.00. The Hall–Kier alpha value is 1.23. The van der Waals surface area contributed by atoms with Gasteiger partial charge < -0.3 is 0 Å².